The van der Waals surface area contributed by atoms with Crippen LogP contribution in [0, 0.1) is 5.82 Å². The summed E-state index contributed by atoms with van der Waals surface area (Å²) in [4.78, 5) is 19.4. The molecule has 2 heterocycles. The zero-order valence-corrected chi connectivity index (χ0v) is 18.5. The predicted octanol–water partition coefficient (Wildman–Crippen LogP) is 6.55. The van der Waals surface area contributed by atoms with Crippen LogP contribution in [0.4, 0.5) is 10.4 Å². The predicted molar refractivity (Wildman–Crippen MR) is 127 cm³/mol. The van der Waals surface area contributed by atoms with E-state index < -0.39 is 11.7 Å². The second-order valence-electron chi connectivity index (χ2n) is 7.44. The van der Waals surface area contributed by atoms with Gasteiger partial charge in [-0.05, 0) is 76.0 Å². The number of benzene rings is 3. The highest BCUT2D eigenvalue weighted by molar-refractivity contribution is 7.08. The molecule has 0 fully saturated rings. The van der Waals surface area contributed by atoms with Crippen molar-refractivity contribution in [3.05, 3.63) is 101 Å². The van der Waals surface area contributed by atoms with Gasteiger partial charge in [0.05, 0.1) is 13.7 Å². The molecule has 3 aromatic carbocycles. The van der Waals surface area contributed by atoms with Gasteiger partial charge in [0.1, 0.15) is 17.1 Å². The summed E-state index contributed by atoms with van der Waals surface area (Å²) in [7, 11) is 1.59. The van der Waals surface area contributed by atoms with Gasteiger partial charge in [0.2, 0.25) is 0 Å². The fourth-order valence-electron chi connectivity index (χ4n) is 3.56. The monoisotopic (exact) mass is 458 g/mol. The van der Waals surface area contributed by atoms with Crippen LogP contribution in [0.1, 0.15) is 15.9 Å². The normalized spacial score (nSPS) is 11.0. The Hall–Kier alpha value is -3.97. The highest BCUT2D eigenvalue weighted by Crippen LogP contribution is 2.30. The second kappa shape index (κ2) is 8.88. The van der Waals surface area contributed by atoms with E-state index >= 15 is 0 Å². The number of carbonyl (C=O) groups excluding carboxylic acids is 1. The number of methoxy groups -OCH3 is 1. The quantitative estimate of drug-likeness (QED) is 0.289. The number of nitrogens with zero attached hydrogens (tertiary/aromatic N) is 2. The lowest BCUT2D eigenvalue weighted by Crippen LogP contribution is -2.30. The van der Waals surface area contributed by atoms with Crippen molar-refractivity contribution in [2.24, 2.45) is 0 Å². The van der Waals surface area contributed by atoms with Crippen molar-refractivity contribution in [1.29, 1.82) is 0 Å². The van der Waals surface area contributed by atoms with Gasteiger partial charge < -0.3 is 9.15 Å². The third-order valence-corrected chi connectivity index (χ3v) is 5.96. The first-order chi connectivity index (χ1) is 16.1. The van der Waals surface area contributed by atoms with Crippen LogP contribution >= 0.6 is 11.3 Å². The first-order valence-electron chi connectivity index (χ1n) is 10.2. The highest BCUT2D eigenvalue weighted by Gasteiger charge is 2.24. The van der Waals surface area contributed by atoms with Gasteiger partial charge in [-0.1, -0.05) is 24.3 Å². The number of halogens is 1. The Morgan fingerprint density at radius 3 is 2.64 bits per heavy atom. The fourth-order valence-corrected chi connectivity index (χ4v) is 4.22. The first-order valence-corrected chi connectivity index (χ1v) is 11.2. The molecule has 0 unspecified atom stereocenters. The van der Waals surface area contributed by atoms with Gasteiger partial charge in [-0.15, -0.1) is 0 Å². The van der Waals surface area contributed by atoms with E-state index in [0.29, 0.717) is 16.8 Å². The van der Waals surface area contributed by atoms with Crippen LogP contribution in [0.15, 0.2) is 88.0 Å². The summed E-state index contributed by atoms with van der Waals surface area (Å²) in [5.41, 5.74) is 4.38. The van der Waals surface area contributed by atoms with Gasteiger partial charge >= 0.3 is 6.01 Å². The van der Waals surface area contributed by atoms with E-state index in [1.54, 1.807) is 24.5 Å². The minimum atomic E-state index is -0.483. The summed E-state index contributed by atoms with van der Waals surface area (Å²) in [6, 6.07) is 20.9. The number of oxazole rings is 1. The first kappa shape index (κ1) is 20.9. The molecular formula is C26H19FN2O3S. The molecule has 7 heteroatoms. The number of fused-ring (bicyclic) bond motifs is 1. The van der Waals surface area contributed by atoms with Crippen LogP contribution in [0.5, 0.6) is 5.75 Å². The van der Waals surface area contributed by atoms with E-state index in [9.17, 15) is 9.18 Å². The van der Waals surface area contributed by atoms with Crippen molar-refractivity contribution in [2.45, 2.75) is 6.54 Å². The van der Waals surface area contributed by atoms with Crippen LogP contribution in [0.3, 0.4) is 0 Å². The molecule has 0 aliphatic heterocycles. The number of anilines is 1. The number of thiophene rings is 1. The standard InChI is InChI=1S/C26H19FN2O3S/c1-31-22-8-5-17(6-9-22)15-29(25(30)19-3-2-4-21(27)13-19)26-28-23-14-18(7-10-24(23)32-26)20-11-12-33-16-20/h2-14,16H,15H2,1H3. The minimum Gasteiger partial charge on any atom is -0.497 e. The summed E-state index contributed by atoms with van der Waals surface area (Å²) in [6.07, 6.45) is 0. The fraction of sp³-hybridized carbons (Fsp3) is 0.0769. The van der Waals surface area contributed by atoms with Crippen LogP contribution in [0.2, 0.25) is 0 Å². The van der Waals surface area contributed by atoms with Crippen LogP contribution in [-0.2, 0) is 6.54 Å². The van der Waals surface area contributed by atoms with E-state index in [2.05, 4.69) is 10.4 Å². The third-order valence-electron chi connectivity index (χ3n) is 5.28. The van der Waals surface area contributed by atoms with E-state index in [1.165, 1.54) is 23.1 Å². The van der Waals surface area contributed by atoms with Gasteiger partial charge in [-0.2, -0.15) is 16.3 Å². The van der Waals surface area contributed by atoms with Gasteiger partial charge in [-0.3, -0.25) is 9.69 Å². The Morgan fingerprint density at radius 2 is 1.91 bits per heavy atom. The number of carbonyl (C=O) groups is 1. The SMILES string of the molecule is COc1ccc(CN(C(=O)c2cccc(F)c2)c2nc3cc(-c4ccsc4)ccc3o2)cc1. The molecule has 0 saturated heterocycles. The summed E-state index contributed by atoms with van der Waals surface area (Å²) in [5, 5.41) is 4.08. The molecule has 5 rings (SSSR count). The van der Waals surface area contributed by atoms with Crippen molar-refractivity contribution < 1.29 is 18.3 Å². The second-order valence-corrected chi connectivity index (χ2v) is 8.22. The van der Waals surface area contributed by atoms with Gasteiger partial charge in [0.15, 0.2) is 5.58 Å². The van der Waals surface area contributed by atoms with Crippen molar-refractivity contribution in [2.75, 3.05) is 12.0 Å². The summed E-state index contributed by atoms with van der Waals surface area (Å²) in [6.45, 7) is 0.198. The van der Waals surface area contributed by atoms with Gasteiger partial charge in [-0.25, -0.2) is 4.39 Å². The molecule has 2 aromatic heterocycles. The van der Waals surface area contributed by atoms with Crippen LogP contribution < -0.4 is 9.64 Å². The molecule has 164 valence electrons. The topological polar surface area (TPSA) is 55.6 Å². The lowest BCUT2D eigenvalue weighted by Gasteiger charge is -2.19. The molecule has 0 atom stereocenters. The van der Waals surface area contributed by atoms with Crippen molar-refractivity contribution in [3.63, 3.8) is 0 Å². The maximum atomic E-state index is 13.8. The summed E-state index contributed by atoms with van der Waals surface area (Å²) in [5.74, 6) is -0.178. The Labute approximate surface area is 193 Å². The zero-order chi connectivity index (χ0) is 22.8. The van der Waals surface area contributed by atoms with Crippen LogP contribution in [0.25, 0.3) is 22.2 Å². The molecule has 33 heavy (non-hydrogen) atoms. The van der Waals surface area contributed by atoms with E-state index in [1.807, 2.05) is 53.9 Å². The number of hydrogen-bond donors (Lipinski definition) is 0. The maximum absolute atomic E-state index is 13.8. The van der Waals surface area contributed by atoms with Gasteiger partial charge in [0.25, 0.3) is 5.91 Å². The maximum Gasteiger partial charge on any atom is 0.305 e. The Balaban J connectivity index is 1.55. The number of rotatable bonds is 6. The molecule has 0 aliphatic carbocycles. The Bertz CT molecular complexity index is 1410. The van der Waals surface area contributed by atoms with Crippen molar-refractivity contribution in [1.82, 2.24) is 4.98 Å². The summed E-state index contributed by atoms with van der Waals surface area (Å²) >= 11 is 1.62. The molecular weight excluding hydrogens is 439 g/mol. The lowest BCUT2D eigenvalue weighted by molar-refractivity contribution is 0.0979. The molecule has 0 radical (unpaired) electrons. The molecule has 5 nitrogen and oxygen atoms in total. The molecule has 0 N–H and O–H groups in total. The average Bonchev–Trinajstić information content (AvgIpc) is 3.52. The smallest absolute Gasteiger partial charge is 0.305 e. The van der Waals surface area contributed by atoms with Crippen LogP contribution in [-0.4, -0.2) is 18.0 Å². The number of aromatic nitrogens is 1. The van der Waals surface area contributed by atoms with Crippen molar-refractivity contribution in [3.8, 4) is 16.9 Å². The highest BCUT2D eigenvalue weighted by atomic mass is 32.1. The molecule has 5 aromatic rings. The lowest BCUT2D eigenvalue weighted by atomic mass is 10.1. The third kappa shape index (κ3) is 4.36. The molecule has 0 bridgehead atoms. The Morgan fingerprint density at radius 1 is 1.06 bits per heavy atom. The minimum absolute atomic E-state index is 0.151. The van der Waals surface area contributed by atoms with E-state index in [0.717, 1.165) is 16.7 Å². The number of amides is 1. The molecule has 1 amide bonds. The zero-order valence-electron chi connectivity index (χ0n) is 17.7. The Kier molecular flexibility index (Phi) is 5.62. The number of ether oxygens (including phenoxy) is 1. The largest absolute Gasteiger partial charge is 0.497 e. The average molecular weight is 459 g/mol. The van der Waals surface area contributed by atoms with Gasteiger partial charge in [0, 0.05) is 5.56 Å². The molecule has 0 aliphatic rings. The van der Waals surface area contributed by atoms with E-state index in [4.69, 9.17) is 9.15 Å². The molecule has 0 saturated carbocycles. The number of hydrogen-bond acceptors (Lipinski definition) is 5. The van der Waals surface area contributed by atoms with E-state index in [-0.39, 0.29) is 18.1 Å². The van der Waals surface area contributed by atoms with Crippen molar-refractivity contribution >= 4 is 34.4 Å². The summed E-state index contributed by atoms with van der Waals surface area (Å²) < 4.78 is 25.0. The molecule has 0 spiro atoms.